The summed E-state index contributed by atoms with van der Waals surface area (Å²) < 4.78 is 50.5. The number of hydrogen-bond donors (Lipinski definition) is 2. The lowest BCUT2D eigenvalue weighted by atomic mass is 9.94. The van der Waals surface area contributed by atoms with E-state index in [4.69, 9.17) is 0 Å². The average Bonchev–Trinajstić information content (AvgIpc) is 2.44. The molecule has 114 valence electrons. The number of hydrogen-bond acceptors (Lipinski definition) is 1. The van der Waals surface area contributed by atoms with Crippen molar-refractivity contribution in [1.29, 1.82) is 0 Å². The first-order chi connectivity index (χ1) is 9.77. The number of halogens is 4. The van der Waals surface area contributed by atoms with Gasteiger partial charge in [-0.15, -0.1) is 0 Å². The second kappa shape index (κ2) is 5.75. The van der Waals surface area contributed by atoms with Crippen LogP contribution in [-0.2, 0) is 12.7 Å². The van der Waals surface area contributed by atoms with Gasteiger partial charge in [0.05, 0.1) is 5.56 Å². The molecule has 1 atom stereocenters. The van der Waals surface area contributed by atoms with Crippen molar-refractivity contribution in [1.82, 2.24) is 10.6 Å². The van der Waals surface area contributed by atoms with Crippen molar-refractivity contribution in [3.8, 4) is 0 Å². The number of rotatable bonds is 3. The Hall–Kier alpha value is -2.05. The maximum absolute atomic E-state index is 12.9. The number of amides is 2. The first-order valence-corrected chi connectivity index (χ1v) is 6.32. The van der Waals surface area contributed by atoms with E-state index in [0.717, 1.165) is 12.1 Å². The molecule has 0 saturated carbocycles. The summed E-state index contributed by atoms with van der Waals surface area (Å²) in [5, 5.41) is 4.92. The summed E-state index contributed by atoms with van der Waals surface area (Å²) in [6.07, 6.45) is -5.28. The Balaban J connectivity index is 1.90. The van der Waals surface area contributed by atoms with E-state index in [0.29, 0.717) is 16.8 Å². The van der Waals surface area contributed by atoms with Crippen LogP contribution < -0.4 is 10.6 Å². The molecule has 0 saturated heterocycles. The Bertz CT molecular complexity index is 581. The fourth-order valence-electron chi connectivity index (χ4n) is 1.92. The first-order valence-electron chi connectivity index (χ1n) is 6.32. The molecule has 3 nitrogen and oxygen atoms in total. The van der Waals surface area contributed by atoms with Crippen molar-refractivity contribution in [3.05, 3.63) is 46.7 Å². The Labute approximate surface area is 119 Å². The number of urea groups is 1. The van der Waals surface area contributed by atoms with Crippen LogP contribution in [0.15, 0.2) is 35.5 Å². The zero-order valence-corrected chi connectivity index (χ0v) is 11.2. The van der Waals surface area contributed by atoms with E-state index in [1.54, 1.807) is 6.92 Å². The molecule has 0 radical (unpaired) electrons. The number of carbonyl (C=O) groups is 1. The Kier molecular flexibility index (Phi) is 4.20. The van der Waals surface area contributed by atoms with Crippen LogP contribution in [0.5, 0.6) is 0 Å². The van der Waals surface area contributed by atoms with Crippen LogP contribution in [-0.4, -0.2) is 12.2 Å². The van der Waals surface area contributed by atoms with Gasteiger partial charge in [0.15, 0.2) is 0 Å². The minimum atomic E-state index is -4.41. The number of alkyl halides is 4. The Morgan fingerprint density at radius 2 is 2.10 bits per heavy atom. The van der Waals surface area contributed by atoms with Crippen LogP contribution in [0.1, 0.15) is 24.5 Å². The molecule has 1 unspecified atom stereocenters. The molecular weight excluding hydrogens is 288 g/mol. The molecule has 21 heavy (non-hydrogen) atoms. The van der Waals surface area contributed by atoms with Crippen molar-refractivity contribution >= 4 is 6.03 Å². The highest BCUT2D eigenvalue weighted by Crippen LogP contribution is 2.30. The Morgan fingerprint density at radius 3 is 2.67 bits per heavy atom. The lowest BCUT2D eigenvalue weighted by molar-refractivity contribution is -0.137. The van der Waals surface area contributed by atoms with Crippen LogP contribution in [0.4, 0.5) is 22.4 Å². The van der Waals surface area contributed by atoms with Gasteiger partial charge < -0.3 is 10.6 Å². The summed E-state index contributed by atoms with van der Waals surface area (Å²) in [6, 6.07) is 4.15. The zero-order valence-electron chi connectivity index (χ0n) is 11.2. The minimum absolute atomic E-state index is 0.0405. The molecule has 2 N–H and O–H groups in total. The maximum atomic E-state index is 12.9. The minimum Gasteiger partial charge on any atom is -0.334 e. The third-order valence-corrected chi connectivity index (χ3v) is 3.30. The largest absolute Gasteiger partial charge is 0.416 e. The van der Waals surface area contributed by atoms with Gasteiger partial charge in [0.1, 0.15) is 6.17 Å². The monoisotopic (exact) mass is 302 g/mol. The second-order valence-corrected chi connectivity index (χ2v) is 4.84. The molecule has 1 aliphatic rings. The van der Waals surface area contributed by atoms with Crippen LogP contribution in [0, 0.1) is 0 Å². The van der Waals surface area contributed by atoms with Gasteiger partial charge in [-0.2, -0.15) is 13.2 Å². The van der Waals surface area contributed by atoms with E-state index >= 15 is 0 Å². The van der Waals surface area contributed by atoms with Crippen LogP contribution >= 0.6 is 0 Å². The summed E-state index contributed by atoms with van der Waals surface area (Å²) in [7, 11) is 0. The third kappa shape index (κ3) is 3.74. The lowest BCUT2D eigenvalue weighted by Gasteiger charge is -2.25. The third-order valence-electron chi connectivity index (χ3n) is 3.30. The molecule has 1 aromatic rings. The summed E-state index contributed by atoms with van der Waals surface area (Å²) in [5.74, 6) is 0. The molecule has 0 fully saturated rings. The van der Waals surface area contributed by atoms with E-state index < -0.39 is 23.9 Å². The predicted octanol–water partition coefficient (Wildman–Crippen LogP) is 3.52. The van der Waals surface area contributed by atoms with Crippen LogP contribution in [0.3, 0.4) is 0 Å². The molecular formula is C14H14F4N2O. The quantitative estimate of drug-likeness (QED) is 0.824. The number of allylic oxidation sites excluding steroid dienone is 2. The van der Waals surface area contributed by atoms with Gasteiger partial charge >= 0.3 is 12.2 Å². The molecule has 0 aromatic heterocycles. The van der Waals surface area contributed by atoms with E-state index in [9.17, 15) is 22.4 Å². The highest BCUT2D eigenvalue weighted by molar-refractivity contribution is 5.76. The van der Waals surface area contributed by atoms with Crippen molar-refractivity contribution in [2.24, 2.45) is 0 Å². The van der Waals surface area contributed by atoms with E-state index in [2.05, 4.69) is 10.6 Å². The SMILES string of the molecule is CC1=C(NC(=O)NCc2cccc(C(F)(F)F)c2)CC1F. The first kappa shape index (κ1) is 15.3. The second-order valence-electron chi connectivity index (χ2n) is 4.84. The highest BCUT2D eigenvalue weighted by atomic mass is 19.4. The molecule has 0 bridgehead atoms. The smallest absolute Gasteiger partial charge is 0.334 e. The van der Waals surface area contributed by atoms with Crippen molar-refractivity contribution in [2.45, 2.75) is 32.2 Å². The van der Waals surface area contributed by atoms with Gasteiger partial charge in [-0.3, -0.25) is 0 Å². The maximum Gasteiger partial charge on any atom is 0.416 e. The molecule has 1 aromatic carbocycles. The molecule has 2 amide bonds. The normalized spacial score (nSPS) is 18.2. The average molecular weight is 302 g/mol. The van der Waals surface area contributed by atoms with E-state index in [-0.39, 0.29) is 13.0 Å². The van der Waals surface area contributed by atoms with Gasteiger partial charge in [-0.25, -0.2) is 9.18 Å². The van der Waals surface area contributed by atoms with Crippen molar-refractivity contribution < 1.29 is 22.4 Å². The van der Waals surface area contributed by atoms with Gasteiger partial charge in [0.2, 0.25) is 0 Å². The molecule has 0 heterocycles. The standard InChI is InChI=1S/C14H14F4N2O/c1-8-11(15)6-12(8)20-13(21)19-7-9-3-2-4-10(5-9)14(16,17)18/h2-5,11H,6-7H2,1H3,(H2,19,20,21). The molecule has 2 rings (SSSR count). The topological polar surface area (TPSA) is 41.1 Å². The molecule has 0 spiro atoms. The molecule has 0 aliphatic heterocycles. The van der Waals surface area contributed by atoms with Gasteiger partial charge in [-0.05, 0) is 30.2 Å². The Morgan fingerprint density at radius 1 is 1.38 bits per heavy atom. The highest BCUT2D eigenvalue weighted by Gasteiger charge is 2.30. The van der Waals surface area contributed by atoms with E-state index in [1.165, 1.54) is 12.1 Å². The van der Waals surface area contributed by atoms with Crippen molar-refractivity contribution in [2.75, 3.05) is 0 Å². The van der Waals surface area contributed by atoms with Crippen molar-refractivity contribution in [3.63, 3.8) is 0 Å². The van der Waals surface area contributed by atoms with Crippen LogP contribution in [0.25, 0.3) is 0 Å². The number of carbonyl (C=O) groups excluding carboxylic acids is 1. The fourth-order valence-corrected chi connectivity index (χ4v) is 1.92. The zero-order chi connectivity index (χ0) is 15.6. The number of benzene rings is 1. The summed E-state index contributed by atoms with van der Waals surface area (Å²) >= 11 is 0. The van der Waals surface area contributed by atoms with Gasteiger partial charge in [-0.1, -0.05) is 12.1 Å². The number of nitrogens with one attached hydrogen (secondary N) is 2. The molecule has 7 heteroatoms. The molecule has 1 aliphatic carbocycles. The summed E-state index contributed by atoms with van der Waals surface area (Å²) in [4.78, 5) is 11.6. The summed E-state index contributed by atoms with van der Waals surface area (Å²) in [5.41, 5.74) is 0.566. The van der Waals surface area contributed by atoms with Crippen LogP contribution in [0.2, 0.25) is 0 Å². The lowest BCUT2D eigenvalue weighted by Crippen LogP contribution is -2.39. The summed E-state index contributed by atoms with van der Waals surface area (Å²) in [6.45, 7) is 1.54. The fraction of sp³-hybridized carbons (Fsp3) is 0.357. The van der Waals surface area contributed by atoms with Gasteiger partial charge in [0, 0.05) is 18.7 Å². The van der Waals surface area contributed by atoms with Gasteiger partial charge in [0.25, 0.3) is 0 Å². The predicted molar refractivity (Wildman–Crippen MR) is 69.0 cm³/mol. The van der Waals surface area contributed by atoms with E-state index in [1.807, 2.05) is 0 Å².